The zero-order valence-corrected chi connectivity index (χ0v) is 14.2. The molecule has 1 aromatic rings. The second-order valence-electron chi connectivity index (χ2n) is 5.78. The van der Waals surface area contributed by atoms with Gasteiger partial charge in [-0.1, -0.05) is 0 Å². The highest BCUT2D eigenvalue weighted by Gasteiger charge is 2.35. The van der Waals surface area contributed by atoms with E-state index in [1.54, 1.807) is 19.9 Å². The van der Waals surface area contributed by atoms with Gasteiger partial charge < -0.3 is 9.64 Å². The van der Waals surface area contributed by atoms with Crippen LogP contribution in [0.5, 0.6) is 0 Å². The van der Waals surface area contributed by atoms with E-state index in [1.807, 2.05) is 6.92 Å². The third-order valence-electron chi connectivity index (χ3n) is 3.89. The molecule has 1 aromatic heterocycles. The van der Waals surface area contributed by atoms with Gasteiger partial charge >= 0.3 is 0 Å². The predicted octanol–water partition coefficient (Wildman–Crippen LogP) is 1.63. The lowest BCUT2D eigenvalue weighted by Gasteiger charge is -2.35. The molecule has 0 aliphatic carbocycles. The summed E-state index contributed by atoms with van der Waals surface area (Å²) in [4.78, 5) is 10.4. The quantitative estimate of drug-likeness (QED) is 0.783. The maximum atomic E-state index is 12.0. The zero-order valence-electron chi connectivity index (χ0n) is 12.6. The minimum atomic E-state index is -3.33. The fraction of sp³-hybridized carbons (Fsp3) is 0.692. The topological polar surface area (TPSA) is 72.4 Å². The van der Waals surface area contributed by atoms with E-state index in [2.05, 4.69) is 14.9 Å². The lowest BCUT2D eigenvalue weighted by atomic mass is 10.1. The molecular weight excluding hydrogens is 314 g/mol. The SMILES string of the molecule is CC1COCCN1c1cc(C(C)(C)S(C)(=O)=O)nc(Cl)n1. The van der Waals surface area contributed by atoms with Crippen molar-refractivity contribution < 1.29 is 13.2 Å². The molecule has 0 bridgehead atoms. The van der Waals surface area contributed by atoms with Crippen LogP contribution in [0.25, 0.3) is 0 Å². The van der Waals surface area contributed by atoms with E-state index >= 15 is 0 Å². The average Bonchev–Trinajstić information content (AvgIpc) is 2.37. The van der Waals surface area contributed by atoms with Gasteiger partial charge in [0.25, 0.3) is 0 Å². The van der Waals surface area contributed by atoms with Crippen molar-refractivity contribution >= 4 is 27.3 Å². The lowest BCUT2D eigenvalue weighted by Crippen LogP contribution is -2.44. The van der Waals surface area contributed by atoms with E-state index in [1.165, 1.54) is 6.26 Å². The molecule has 2 rings (SSSR count). The van der Waals surface area contributed by atoms with Crippen molar-refractivity contribution in [2.45, 2.75) is 31.6 Å². The van der Waals surface area contributed by atoms with Gasteiger partial charge in [-0.15, -0.1) is 0 Å². The minimum absolute atomic E-state index is 0.0536. The number of hydrogen-bond donors (Lipinski definition) is 0. The Morgan fingerprint density at radius 3 is 2.67 bits per heavy atom. The summed E-state index contributed by atoms with van der Waals surface area (Å²) in [6.45, 7) is 7.16. The largest absolute Gasteiger partial charge is 0.377 e. The summed E-state index contributed by atoms with van der Waals surface area (Å²) in [5, 5.41) is 0.0536. The maximum Gasteiger partial charge on any atom is 0.224 e. The van der Waals surface area contributed by atoms with Crippen molar-refractivity contribution in [1.29, 1.82) is 0 Å². The molecule has 1 unspecified atom stereocenters. The van der Waals surface area contributed by atoms with Crippen LogP contribution in [-0.2, 0) is 19.3 Å². The first-order valence-electron chi connectivity index (χ1n) is 6.72. The lowest BCUT2D eigenvalue weighted by molar-refractivity contribution is 0.0985. The van der Waals surface area contributed by atoms with Crippen LogP contribution in [0, 0.1) is 0 Å². The van der Waals surface area contributed by atoms with Crippen LogP contribution >= 0.6 is 11.6 Å². The fourth-order valence-electron chi connectivity index (χ4n) is 2.12. The van der Waals surface area contributed by atoms with Gasteiger partial charge in [0.2, 0.25) is 5.28 Å². The summed E-state index contributed by atoms with van der Waals surface area (Å²) >= 11 is 6.00. The number of halogens is 1. The zero-order chi connectivity index (χ0) is 15.8. The van der Waals surface area contributed by atoms with Gasteiger partial charge in [0.1, 0.15) is 10.6 Å². The molecule has 118 valence electrons. The highest BCUT2D eigenvalue weighted by molar-refractivity contribution is 7.91. The fourth-order valence-corrected chi connectivity index (χ4v) is 2.78. The first kappa shape index (κ1) is 16.5. The molecule has 0 aromatic carbocycles. The van der Waals surface area contributed by atoms with Crippen molar-refractivity contribution in [1.82, 2.24) is 9.97 Å². The summed E-state index contributed by atoms with van der Waals surface area (Å²) < 4.78 is 28.2. The molecule has 1 saturated heterocycles. The molecule has 0 radical (unpaired) electrons. The Balaban J connectivity index is 2.47. The van der Waals surface area contributed by atoms with Gasteiger partial charge in [0.15, 0.2) is 9.84 Å². The Labute approximate surface area is 130 Å². The maximum absolute atomic E-state index is 12.0. The van der Waals surface area contributed by atoms with Crippen molar-refractivity contribution in [3.63, 3.8) is 0 Å². The minimum Gasteiger partial charge on any atom is -0.377 e. The van der Waals surface area contributed by atoms with Crippen LogP contribution in [0.1, 0.15) is 26.5 Å². The Kier molecular flexibility index (Phi) is 4.46. The van der Waals surface area contributed by atoms with Gasteiger partial charge in [0.05, 0.1) is 24.9 Å². The van der Waals surface area contributed by atoms with Crippen LogP contribution < -0.4 is 4.90 Å². The van der Waals surface area contributed by atoms with Gasteiger partial charge in [-0.2, -0.15) is 0 Å². The van der Waals surface area contributed by atoms with E-state index in [0.29, 0.717) is 31.3 Å². The van der Waals surface area contributed by atoms with E-state index in [4.69, 9.17) is 16.3 Å². The van der Waals surface area contributed by atoms with E-state index in [9.17, 15) is 8.42 Å². The number of rotatable bonds is 3. The Morgan fingerprint density at radius 2 is 2.10 bits per heavy atom. The molecule has 1 fully saturated rings. The van der Waals surface area contributed by atoms with Crippen LogP contribution in [0.3, 0.4) is 0 Å². The van der Waals surface area contributed by atoms with Gasteiger partial charge in [0, 0.05) is 18.9 Å². The number of nitrogens with zero attached hydrogens (tertiary/aromatic N) is 3. The smallest absolute Gasteiger partial charge is 0.224 e. The summed E-state index contributed by atoms with van der Waals surface area (Å²) in [6, 6.07) is 1.85. The third-order valence-corrected chi connectivity index (χ3v) is 6.12. The summed E-state index contributed by atoms with van der Waals surface area (Å²) in [5.74, 6) is 0.637. The van der Waals surface area contributed by atoms with Crippen LogP contribution in [-0.4, -0.2) is 50.4 Å². The molecule has 0 spiro atoms. The Morgan fingerprint density at radius 1 is 1.43 bits per heavy atom. The molecule has 2 heterocycles. The number of anilines is 1. The second-order valence-corrected chi connectivity index (χ2v) is 8.68. The first-order valence-corrected chi connectivity index (χ1v) is 8.99. The predicted molar refractivity (Wildman–Crippen MR) is 82.5 cm³/mol. The summed E-state index contributed by atoms with van der Waals surface area (Å²) in [5.41, 5.74) is 0.402. The number of ether oxygens (including phenoxy) is 1. The highest BCUT2D eigenvalue weighted by atomic mass is 35.5. The van der Waals surface area contributed by atoms with Crippen molar-refractivity contribution in [2.24, 2.45) is 0 Å². The van der Waals surface area contributed by atoms with Crippen molar-refractivity contribution in [2.75, 3.05) is 30.9 Å². The van der Waals surface area contributed by atoms with Crippen molar-refractivity contribution in [3.8, 4) is 0 Å². The second kappa shape index (κ2) is 5.70. The van der Waals surface area contributed by atoms with Gasteiger partial charge in [-0.25, -0.2) is 18.4 Å². The molecule has 21 heavy (non-hydrogen) atoms. The molecule has 1 aliphatic rings. The number of sulfone groups is 1. The molecule has 1 aliphatic heterocycles. The van der Waals surface area contributed by atoms with Gasteiger partial charge in [-0.05, 0) is 32.4 Å². The average molecular weight is 334 g/mol. The standard InChI is InChI=1S/C13H20ClN3O3S/c1-9-8-20-6-5-17(9)11-7-10(15-12(14)16-11)13(2,3)21(4,18)19/h7,9H,5-6,8H2,1-4H3. The molecule has 0 saturated carbocycles. The number of aromatic nitrogens is 2. The third kappa shape index (κ3) is 3.30. The molecule has 6 nitrogen and oxygen atoms in total. The summed E-state index contributed by atoms with van der Waals surface area (Å²) in [7, 11) is -3.33. The molecular formula is C13H20ClN3O3S. The molecule has 0 N–H and O–H groups in total. The number of hydrogen-bond acceptors (Lipinski definition) is 6. The summed E-state index contributed by atoms with van der Waals surface area (Å²) in [6.07, 6.45) is 1.19. The van der Waals surface area contributed by atoms with Crippen molar-refractivity contribution in [3.05, 3.63) is 17.0 Å². The van der Waals surface area contributed by atoms with E-state index < -0.39 is 14.6 Å². The monoisotopic (exact) mass is 333 g/mol. The Hall–Kier alpha value is -0.920. The number of morpholine rings is 1. The van der Waals surface area contributed by atoms with Crippen LogP contribution in [0.15, 0.2) is 6.07 Å². The van der Waals surface area contributed by atoms with Gasteiger partial charge in [-0.3, -0.25) is 0 Å². The highest BCUT2D eigenvalue weighted by Crippen LogP contribution is 2.31. The first-order chi connectivity index (χ1) is 9.63. The molecule has 0 amide bonds. The van der Waals surface area contributed by atoms with E-state index in [0.717, 1.165) is 0 Å². The van der Waals surface area contributed by atoms with E-state index in [-0.39, 0.29) is 11.3 Å². The molecule has 8 heteroatoms. The van der Waals surface area contributed by atoms with Crippen LogP contribution in [0.2, 0.25) is 5.28 Å². The van der Waals surface area contributed by atoms with Crippen LogP contribution in [0.4, 0.5) is 5.82 Å². The molecule has 1 atom stereocenters. The Bertz CT molecular complexity index is 634. The normalized spacial score (nSPS) is 20.6.